The van der Waals surface area contributed by atoms with Crippen molar-refractivity contribution < 1.29 is 4.74 Å². The summed E-state index contributed by atoms with van der Waals surface area (Å²) in [5.41, 5.74) is 0. The molecule has 3 heteroatoms. The maximum Gasteiger partial charge on any atom is 0.117 e. The molecule has 1 aromatic rings. The van der Waals surface area contributed by atoms with Crippen LogP contribution >= 0.6 is 0 Å². The first-order chi connectivity index (χ1) is 10.5. The van der Waals surface area contributed by atoms with Crippen molar-refractivity contribution in [2.45, 2.75) is 77.8 Å². The summed E-state index contributed by atoms with van der Waals surface area (Å²) in [6, 6.07) is 15.0. The Morgan fingerprint density at radius 1 is 0.682 bits per heavy atom. The van der Waals surface area contributed by atoms with Crippen LogP contribution in [-0.4, -0.2) is 23.3 Å². The zero-order valence-electron chi connectivity index (χ0n) is 15.9. The molecule has 0 aromatic heterocycles. The third-order valence-electron chi connectivity index (χ3n) is 6.42. The number of ether oxygens (including phenoxy) is 1. The Balaban J connectivity index is 3.62. The molecular weight excluding hydrogens is 300 g/mol. The fourth-order valence-corrected chi connectivity index (χ4v) is 12.0. The lowest BCUT2D eigenvalue weighted by atomic mass is 10.3. The van der Waals surface area contributed by atoms with E-state index < -0.39 is 16.1 Å². The van der Waals surface area contributed by atoms with Gasteiger partial charge in [-0.05, 0) is 10.4 Å². The highest BCUT2D eigenvalue weighted by Crippen LogP contribution is 2.28. The minimum atomic E-state index is -1.41. The molecule has 1 nitrogen and oxygen atoms in total. The zero-order valence-corrected chi connectivity index (χ0v) is 17.9. The number of benzene rings is 1. The lowest BCUT2D eigenvalue weighted by Gasteiger charge is -2.35. The van der Waals surface area contributed by atoms with E-state index in [9.17, 15) is 0 Å². The van der Waals surface area contributed by atoms with Gasteiger partial charge in [-0.3, -0.25) is 0 Å². The molecule has 0 radical (unpaired) electrons. The van der Waals surface area contributed by atoms with E-state index in [2.05, 4.69) is 59.7 Å². The van der Waals surface area contributed by atoms with Gasteiger partial charge in [-0.1, -0.05) is 96.0 Å². The van der Waals surface area contributed by atoms with Crippen molar-refractivity contribution in [3.63, 3.8) is 0 Å². The van der Waals surface area contributed by atoms with Crippen LogP contribution in [0.1, 0.15) is 41.5 Å². The third-order valence-corrected chi connectivity index (χ3v) is 17.6. The molecule has 126 valence electrons. The highest BCUT2D eigenvalue weighted by Gasteiger charge is 2.37. The third kappa shape index (κ3) is 3.21. The average Bonchev–Trinajstić information content (AvgIpc) is 2.59. The summed E-state index contributed by atoms with van der Waals surface area (Å²) in [6.45, 7) is 14.3. The van der Waals surface area contributed by atoms with Crippen molar-refractivity contribution in [1.82, 2.24) is 0 Å². The molecule has 0 atom stereocenters. The van der Waals surface area contributed by atoms with E-state index in [-0.39, 0.29) is 0 Å². The monoisotopic (exact) mass is 336 g/mol. The smallest absolute Gasteiger partial charge is 0.117 e. The fourth-order valence-electron chi connectivity index (χ4n) is 4.23. The second-order valence-corrected chi connectivity index (χ2v) is 17.0. The summed E-state index contributed by atoms with van der Waals surface area (Å²) < 4.78 is 6.07. The topological polar surface area (TPSA) is 9.23 Å². The number of para-hydroxylation sites is 1. The number of methoxy groups -OCH3 is 1. The van der Waals surface area contributed by atoms with Crippen LogP contribution in [-0.2, 0) is 0 Å². The molecule has 0 saturated heterocycles. The van der Waals surface area contributed by atoms with E-state index in [4.69, 9.17) is 4.74 Å². The maximum atomic E-state index is 6.07. The van der Waals surface area contributed by atoms with Gasteiger partial charge in [0.15, 0.2) is 0 Å². The van der Waals surface area contributed by atoms with Gasteiger partial charge >= 0.3 is 0 Å². The Bertz CT molecular complexity index is 408. The molecule has 0 unspecified atom stereocenters. The second-order valence-electron chi connectivity index (χ2n) is 6.57. The molecule has 0 fully saturated rings. The fraction of sp³-hybridized carbons (Fsp3) is 0.684. The zero-order chi connectivity index (χ0) is 16.8. The van der Waals surface area contributed by atoms with Crippen LogP contribution in [0.2, 0.25) is 36.3 Å². The quantitative estimate of drug-likeness (QED) is 0.568. The van der Waals surface area contributed by atoms with Crippen LogP contribution in [0.15, 0.2) is 18.2 Å². The van der Waals surface area contributed by atoms with Crippen LogP contribution in [0.4, 0.5) is 0 Å². The predicted molar refractivity (Wildman–Crippen MR) is 107 cm³/mol. The molecular formula is C19H36OSi2. The van der Waals surface area contributed by atoms with Crippen LogP contribution in [0.25, 0.3) is 0 Å². The molecule has 0 aliphatic rings. The SMILES string of the molecule is CC[Si](CC)(CC)c1cccc([Si](CC)(CC)CC)c1OC. The summed E-state index contributed by atoms with van der Waals surface area (Å²) in [7, 11) is -0.929. The van der Waals surface area contributed by atoms with E-state index >= 15 is 0 Å². The van der Waals surface area contributed by atoms with Gasteiger partial charge in [-0.2, -0.15) is 0 Å². The van der Waals surface area contributed by atoms with Gasteiger partial charge in [-0.15, -0.1) is 0 Å². The standard InChI is InChI=1S/C19H36OSi2/c1-8-21(9-2,10-3)17-15-14-16-18(19(17)20-7)22(11-4,12-5)13-6/h14-16H,8-13H2,1-7H3. The van der Waals surface area contributed by atoms with Crippen LogP contribution < -0.4 is 15.1 Å². The Morgan fingerprint density at radius 3 is 1.23 bits per heavy atom. The second kappa shape index (κ2) is 8.35. The van der Waals surface area contributed by atoms with Crippen molar-refractivity contribution in [1.29, 1.82) is 0 Å². The summed E-state index contributed by atoms with van der Waals surface area (Å²) in [6.07, 6.45) is 0. The predicted octanol–water partition coefficient (Wildman–Crippen LogP) is 5.13. The normalized spacial score (nSPS) is 12.5. The van der Waals surface area contributed by atoms with Crippen LogP contribution in [0.3, 0.4) is 0 Å². The van der Waals surface area contributed by atoms with E-state index in [1.807, 2.05) is 7.11 Å². The number of rotatable bonds is 9. The Morgan fingerprint density at radius 2 is 1.00 bits per heavy atom. The Kier molecular flexibility index (Phi) is 7.40. The molecule has 0 amide bonds. The molecule has 22 heavy (non-hydrogen) atoms. The largest absolute Gasteiger partial charge is 0.497 e. The number of hydrogen-bond acceptors (Lipinski definition) is 1. The van der Waals surface area contributed by atoms with Gasteiger partial charge in [0.25, 0.3) is 0 Å². The summed E-state index contributed by atoms with van der Waals surface area (Å²) in [5.74, 6) is 1.27. The Hall–Kier alpha value is -0.546. The van der Waals surface area contributed by atoms with Crippen molar-refractivity contribution in [2.24, 2.45) is 0 Å². The lowest BCUT2D eigenvalue weighted by Crippen LogP contribution is -2.53. The lowest BCUT2D eigenvalue weighted by molar-refractivity contribution is 0.420. The molecule has 0 aliphatic heterocycles. The van der Waals surface area contributed by atoms with Gasteiger partial charge in [-0.25, -0.2) is 0 Å². The molecule has 0 bridgehead atoms. The number of hydrogen-bond donors (Lipinski definition) is 0. The molecule has 0 spiro atoms. The first-order valence-electron chi connectivity index (χ1n) is 9.22. The van der Waals surface area contributed by atoms with E-state index in [1.54, 1.807) is 10.4 Å². The van der Waals surface area contributed by atoms with E-state index in [1.165, 1.54) is 42.0 Å². The summed E-state index contributed by atoms with van der Waals surface area (Å²) in [4.78, 5) is 0. The van der Waals surface area contributed by atoms with E-state index in [0.717, 1.165) is 0 Å². The first-order valence-corrected chi connectivity index (χ1v) is 14.5. The molecule has 0 heterocycles. The molecule has 0 saturated carbocycles. The summed E-state index contributed by atoms with van der Waals surface area (Å²) in [5, 5.41) is 3.18. The van der Waals surface area contributed by atoms with E-state index in [0.29, 0.717) is 0 Å². The van der Waals surface area contributed by atoms with Crippen molar-refractivity contribution >= 4 is 26.5 Å². The maximum absolute atomic E-state index is 6.07. The highest BCUT2D eigenvalue weighted by atomic mass is 28.3. The first kappa shape index (κ1) is 19.5. The van der Waals surface area contributed by atoms with Crippen LogP contribution in [0, 0.1) is 0 Å². The molecule has 0 N–H and O–H groups in total. The Labute approximate surface area is 140 Å². The molecule has 1 rings (SSSR count). The molecule has 1 aromatic carbocycles. The molecule has 0 aliphatic carbocycles. The van der Waals surface area contributed by atoms with Crippen molar-refractivity contribution in [2.75, 3.05) is 7.11 Å². The minimum absolute atomic E-state index is 1.27. The summed E-state index contributed by atoms with van der Waals surface area (Å²) >= 11 is 0. The highest BCUT2D eigenvalue weighted by molar-refractivity contribution is 6.95. The van der Waals surface area contributed by atoms with Gasteiger partial charge in [0, 0.05) is 0 Å². The minimum Gasteiger partial charge on any atom is -0.497 e. The van der Waals surface area contributed by atoms with Gasteiger partial charge < -0.3 is 4.74 Å². The van der Waals surface area contributed by atoms with Gasteiger partial charge in [0.2, 0.25) is 0 Å². The average molecular weight is 337 g/mol. The van der Waals surface area contributed by atoms with Crippen molar-refractivity contribution in [3.05, 3.63) is 18.2 Å². The van der Waals surface area contributed by atoms with Crippen molar-refractivity contribution in [3.8, 4) is 5.75 Å². The van der Waals surface area contributed by atoms with Gasteiger partial charge in [0.05, 0.1) is 23.3 Å². The van der Waals surface area contributed by atoms with Gasteiger partial charge in [0.1, 0.15) is 5.75 Å². The van der Waals surface area contributed by atoms with Crippen LogP contribution in [0.5, 0.6) is 5.75 Å².